The molecule has 5 unspecified atom stereocenters. The number of fused-ring (bicyclic) bond motifs is 3. The summed E-state index contributed by atoms with van der Waals surface area (Å²) in [7, 11) is 1.40. The largest absolute Gasteiger partial charge is 0.511 e. The van der Waals surface area contributed by atoms with Crippen LogP contribution in [0.25, 0.3) is 0 Å². The van der Waals surface area contributed by atoms with E-state index in [0.29, 0.717) is 24.0 Å². The van der Waals surface area contributed by atoms with E-state index < -0.39 is 48.3 Å². The number of rotatable bonds is 3. The van der Waals surface area contributed by atoms with Crippen molar-refractivity contribution in [2.24, 2.45) is 23.5 Å². The zero-order valence-electron chi connectivity index (χ0n) is 21.2. The van der Waals surface area contributed by atoms with E-state index in [0.717, 1.165) is 0 Å². The van der Waals surface area contributed by atoms with Crippen molar-refractivity contribution >= 4 is 17.3 Å². The first-order valence-corrected chi connectivity index (χ1v) is 12.5. The molecule has 38 heavy (non-hydrogen) atoms. The molecule has 7 atom stereocenters. The number of benzene rings is 1. The average Bonchev–Trinajstić information content (AvgIpc) is 2.91. The van der Waals surface area contributed by atoms with Crippen molar-refractivity contribution < 1.29 is 49.4 Å². The van der Waals surface area contributed by atoms with E-state index in [-0.39, 0.29) is 59.2 Å². The van der Waals surface area contributed by atoms with Crippen LogP contribution in [0.1, 0.15) is 53.3 Å². The number of nitrogens with two attached hydrogens (primary N) is 1. The third kappa shape index (κ3) is 4.76. The zero-order valence-corrected chi connectivity index (χ0v) is 21.2. The molecule has 0 amide bonds. The summed E-state index contributed by atoms with van der Waals surface area (Å²) in [5, 5.41) is 49.0. The van der Waals surface area contributed by atoms with Gasteiger partial charge in [0, 0.05) is 23.9 Å². The van der Waals surface area contributed by atoms with E-state index in [2.05, 4.69) is 0 Å². The number of allylic oxidation sites excluding steroid dienone is 4. The third-order valence-corrected chi connectivity index (χ3v) is 7.80. The smallest absolute Gasteiger partial charge is 0.179 e. The van der Waals surface area contributed by atoms with Gasteiger partial charge in [0.05, 0.1) is 36.7 Å². The minimum atomic E-state index is -1.21. The second-order valence-corrected chi connectivity index (χ2v) is 10.0. The average molecular weight is 532 g/mol. The lowest BCUT2D eigenvalue weighted by atomic mass is 9.64. The van der Waals surface area contributed by atoms with E-state index in [4.69, 9.17) is 25.4 Å². The van der Waals surface area contributed by atoms with Crippen molar-refractivity contribution in [1.82, 2.24) is 0 Å². The fourth-order valence-electron chi connectivity index (χ4n) is 5.72. The number of Topliss-reactive ketones (excluding diaryl/α,β-unsaturated/α-hetero) is 3. The standard InChI is InChI=1S/C21H20O7.C6H13NO3/c1-28-14-4-2-3-11-15(14)21(27)17-16(19(11)25)20(26)12-7-9(13(23)8-22)5-6-10(12)18(17)24;1-3-6(9)4(7)2-5(8)10-3/h2-4,9,16-17,22,24,26H,5-8H2,1H3;3-6,8-9H,2,7H2,1H3/t;3-,4?,5?,6+/m.0/s1. The summed E-state index contributed by atoms with van der Waals surface area (Å²) in [5.41, 5.74) is 6.48. The second kappa shape index (κ2) is 11.0. The SMILES string of the molecule is COc1cccc2c1C(=O)C1C(O)=C3CCC(C(=O)CO)CC3=C(O)C1C2=O.C[C@@H]1OC(O)CC(N)[C@@H]1O. The summed E-state index contributed by atoms with van der Waals surface area (Å²) >= 11 is 0. The summed E-state index contributed by atoms with van der Waals surface area (Å²) < 4.78 is 10.1. The predicted octanol–water partition coefficient (Wildman–Crippen LogP) is 1.11. The van der Waals surface area contributed by atoms with Crippen LogP contribution in [0.4, 0.5) is 0 Å². The van der Waals surface area contributed by atoms with Crippen molar-refractivity contribution in [2.45, 2.75) is 57.1 Å². The summed E-state index contributed by atoms with van der Waals surface area (Å²) in [5.74, 6) is -4.42. The van der Waals surface area contributed by atoms with Crippen LogP contribution in [-0.4, -0.2) is 81.1 Å². The van der Waals surface area contributed by atoms with E-state index in [1.54, 1.807) is 19.1 Å². The molecule has 2 fully saturated rings. The summed E-state index contributed by atoms with van der Waals surface area (Å²) in [4.78, 5) is 38.2. The Balaban J connectivity index is 0.000000283. The number of hydrogen-bond donors (Lipinski definition) is 6. The number of aliphatic hydroxyl groups excluding tert-OH is 5. The van der Waals surface area contributed by atoms with Gasteiger partial charge >= 0.3 is 0 Å². The number of methoxy groups -OCH3 is 1. The Hall–Kier alpha value is -3.09. The van der Waals surface area contributed by atoms with Gasteiger partial charge < -0.3 is 40.7 Å². The molecule has 1 saturated carbocycles. The highest BCUT2D eigenvalue weighted by Gasteiger charge is 2.52. The predicted molar refractivity (Wildman–Crippen MR) is 133 cm³/mol. The molecule has 5 rings (SSSR count). The molecular formula is C27H33NO10. The first kappa shape index (κ1) is 27.9. The molecule has 11 nitrogen and oxygen atoms in total. The Morgan fingerprint density at radius 1 is 1.11 bits per heavy atom. The zero-order chi connectivity index (χ0) is 27.9. The maximum Gasteiger partial charge on any atom is 0.179 e. The van der Waals surface area contributed by atoms with E-state index in [1.165, 1.54) is 13.2 Å². The van der Waals surface area contributed by atoms with Crippen LogP contribution in [0.5, 0.6) is 5.75 Å². The molecule has 1 aliphatic heterocycles. The first-order valence-electron chi connectivity index (χ1n) is 12.5. The Kier molecular flexibility index (Phi) is 8.05. The highest BCUT2D eigenvalue weighted by molar-refractivity contribution is 6.19. The normalized spacial score (nSPS) is 32.5. The van der Waals surface area contributed by atoms with Gasteiger partial charge in [0.25, 0.3) is 0 Å². The Morgan fingerprint density at radius 3 is 2.39 bits per heavy atom. The molecule has 1 heterocycles. The van der Waals surface area contributed by atoms with E-state index >= 15 is 0 Å². The van der Waals surface area contributed by atoms with Crippen LogP contribution in [0, 0.1) is 17.8 Å². The monoisotopic (exact) mass is 531 g/mol. The van der Waals surface area contributed by atoms with Crippen LogP contribution in [0.3, 0.4) is 0 Å². The van der Waals surface area contributed by atoms with E-state index in [1.807, 2.05) is 0 Å². The van der Waals surface area contributed by atoms with Gasteiger partial charge in [0.1, 0.15) is 23.9 Å². The molecule has 3 aliphatic carbocycles. The summed E-state index contributed by atoms with van der Waals surface area (Å²) in [6.07, 6.45) is -0.707. The highest BCUT2D eigenvalue weighted by atomic mass is 16.6. The van der Waals surface area contributed by atoms with Gasteiger partial charge in [0.15, 0.2) is 23.6 Å². The molecule has 206 valence electrons. The fraction of sp³-hybridized carbons (Fsp3) is 0.519. The Labute approximate surface area is 219 Å². The molecule has 0 spiro atoms. The number of hydrogen-bond acceptors (Lipinski definition) is 11. The summed E-state index contributed by atoms with van der Waals surface area (Å²) in [6, 6.07) is 4.30. The van der Waals surface area contributed by atoms with Crippen molar-refractivity contribution in [2.75, 3.05) is 13.7 Å². The number of aliphatic hydroxyl groups is 5. The molecule has 4 aliphatic rings. The van der Waals surface area contributed by atoms with Gasteiger partial charge in [-0.15, -0.1) is 0 Å². The second-order valence-electron chi connectivity index (χ2n) is 10.0. The minimum Gasteiger partial charge on any atom is -0.511 e. The first-order chi connectivity index (χ1) is 18.0. The van der Waals surface area contributed by atoms with Crippen molar-refractivity contribution in [1.29, 1.82) is 0 Å². The topological polar surface area (TPSA) is 197 Å². The molecule has 7 N–H and O–H groups in total. The summed E-state index contributed by atoms with van der Waals surface area (Å²) in [6.45, 7) is 1.09. The quantitative estimate of drug-likeness (QED) is 0.327. The van der Waals surface area contributed by atoms with Gasteiger partial charge in [-0.25, -0.2) is 0 Å². The molecule has 1 saturated heterocycles. The maximum atomic E-state index is 13.2. The molecule has 0 bridgehead atoms. The Morgan fingerprint density at radius 2 is 1.76 bits per heavy atom. The third-order valence-electron chi connectivity index (χ3n) is 7.80. The Bertz CT molecular complexity index is 1190. The molecule has 11 heteroatoms. The molecule has 1 aromatic carbocycles. The lowest BCUT2D eigenvalue weighted by Crippen LogP contribution is -2.51. The number of carbonyl (C=O) groups excluding carboxylic acids is 3. The van der Waals surface area contributed by atoms with Gasteiger partial charge in [-0.2, -0.15) is 0 Å². The number of ketones is 3. The number of ether oxygens (including phenoxy) is 2. The van der Waals surface area contributed by atoms with Gasteiger partial charge in [-0.1, -0.05) is 12.1 Å². The molecule has 1 aromatic rings. The van der Waals surface area contributed by atoms with Crippen LogP contribution in [0.15, 0.2) is 40.9 Å². The molecule has 0 aromatic heterocycles. The van der Waals surface area contributed by atoms with Crippen molar-refractivity contribution in [3.8, 4) is 5.75 Å². The molecule has 0 radical (unpaired) electrons. The molecular weight excluding hydrogens is 498 g/mol. The minimum absolute atomic E-state index is 0.115. The fourth-order valence-corrected chi connectivity index (χ4v) is 5.72. The van der Waals surface area contributed by atoms with Crippen molar-refractivity contribution in [3.05, 3.63) is 52.0 Å². The lowest BCUT2D eigenvalue weighted by molar-refractivity contribution is -0.198. The van der Waals surface area contributed by atoms with Gasteiger partial charge in [-0.3, -0.25) is 14.4 Å². The van der Waals surface area contributed by atoms with Crippen LogP contribution >= 0.6 is 0 Å². The van der Waals surface area contributed by atoms with Gasteiger partial charge in [-0.05, 0) is 43.4 Å². The number of carbonyl (C=O) groups is 3. The lowest BCUT2D eigenvalue weighted by Gasteiger charge is -2.38. The van der Waals surface area contributed by atoms with E-state index in [9.17, 15) is 29.7 Å². The highest BCUT2D eigenvalue weighted by Crippen LogP contribution is 2.49. The van der Waals surface area contributed by atoms with Crippen LogP contribution in [0.2, 0.25) is 0 Å². The van der Waals surface area contributed by atoms with Crippen LogP contribution in [-0.2, 0) is 9.53 Å². The van der Waals surface area contributed by atoms with Crippen molar-refractivity contribution in [3.63, 3.8) is 0 Å². The van der Waals surface area contributed by atoms with Crippen LogP contribution < -0.4 is 10.5 Å². The van der Waals surface area contributed by atoms with Gasteiger partial charge in [0.2, 0.25) is 0 Å². The maximum absolute atomic E-state index is 13.2.